The smallest absolute Gasteiger partial charge is 0.303 e. The van der Waals surface area contributed by atoms with Crippen molar-refractivity contribution >= 4 is 29.8 Å². The van der Waals surface area contributed by atoms with Crippen molar-refractivity contribution in [1.29, 1.82) is 0 Å². The molecule has 36 heavy (non-hydrogen) atoms. The predicted molar refractivity (Wildman–Crippen MR) is 119 cm³/mol. The molecule has 0 radical (unpaired) electrons. The summed E-state index contributed by atoms with van der Waals surface area (Å²) >= 11 is 0. The van der Waals surface area contributed by atoms with Crippen LogP contribution >= 0.6 is 0 Å². The van der Waals surface area contributed by atoms with E-state index in [9.17, 15) is 24.0 Å². The van der Waals surface area contributed by atoms with Crippen molar-refractivity contribution in [2.24, 2.45) is 0 Å². The number of ether oxygens (including phenoxy) is 7. The first-order chi connectivity index (χ1) is 17.0. The molecule has 198 valence electrons. The summed E-state index contributed by atoms with van der Waals surface area (Å²) in [6.07, 6.45) is -8.19. The van der Waals surface area contributed by atoms with Gasteiger partial charge in [0.25, 0.3) is 0 Å². The maximum absolute atomic E-state index is 12.0. The minimum Gasteiger partial charge on any atom is -0.462 e. The van der Waals surface area contributed by atoms with Crippen LogP contribution in [0.5, 0.6) is 0 Å². The van der Waals surface area contributed by atoms with E-state index in [1.807, 2.05) is 6.07 Å². The van der Waals surface area contributed by atoms with Gasteiger partial charge in [0, 0.05) is 34.6 Å². The summed E-state index contributed by atoms with van der Waals surface area (Å²) < 4.78 is 38.4. The third kappa shape index (κ3) is 8.93. The highest BCUT2D eigenvalue weighted by atomic mass is 16.7. The van der Waals surface area contributed by atoms with E-state index in [2.05, 4.69) is 0 Å². The maximum atomic E-state index is 12.0. The van der Waals surface area contributed by atoms with Crippen LogP contribution in [0.1, 0.15) is 40.2 Å². The monoisotopic (exact) mass is 510 g/mol. The first kappa shape index (κ1) is 28.7. The van der Waals surface area contributed by atoms with E-state index in [-0.39, 0.29) is 6.61 Å². The standard InChI is InChI=1S/C24H30O12/c1-13(25)30-12-19(32-14(2)26)20-21(33-15(3)27)22(34-16(4)28)23(35-17(5)29)24(36-20)31-11-18-9-7-6-8-10-18/h6-10,19-24H,11-12H2,1-5H3/t19-,20-,21+,22+,23+,24-/m1/s1. The minimum atomic E-state index is -1.42. The topological polar surface area (TPSA) is 150 Å². The van der Waals surface area contributed by atoms with Gasteiger partial charge in [-0.1, -0.05) is 30.3 Å². The first-order valence-electron chi connectivity index (χ1n) is 11.1. The number of hydrogen-bond donors (Lipinski definition) is 0. The normalized spacial score (nSPS) is 24.1. The lowest BCUT2D eigenvalue weighted by atomic mass is 9.94. The zero-order valence-electron chi connectivity index (χ0n) is 20.7. The summed E-state index contributed by atoms with van der Waals surface area (Å²) in [7, 11) is 0. The molecule has 0 aromatic heterocycles. The van der Waals surface area contributed by atoms with E-state index in [1.165, 1.54) is 0 Å². The summed E-state index contributed by atoms with van der Waals surface area (Å²) in [5, 5.41) is 0. The molecule has 0 aliphatic carbocycles. The van der Waals surface area contributed by atoms with Gasteiger partial charge < -0.3 is 33.2 Å². The number of hydrogen-bond acceptors (Lipinski definition) is 12. The number of carbonyl (C=O) groups is 5. The molecule has 0 bridgehead atoms. The van der Waals surface area contributed by atoms with Gasteiger partial charge in [-0.05, 0) is 5.56 Å². The fourth-order valence-corrected chi connectivity index (χ4v) is 3.60. The molecule has 1 fully saturated rings. The SMILES string of the molecule is CC(=O)OC[C@@H](OC(C)=O)[C@H]1O[C@@H](OCc2ccccc2)[C@@H](OC(C)=O)[C@@H](OC(C)=O)[C@H]1OC(C)=O. The van der Waals surface area contributed by atoms with Crippen LogP contribution in [-0.4, -0.2) is 73.3 Å². The summed E-state index contributed by atoms with van der Waals surface area (Å²) in [6.45, 7) is 5.17. The molecule has 1 aromatic rings. The Balaban J connectivity index is 2.51. The summed E-state index contributed by atoms with van der Waals surface area (Å²) in [4.78, 5) is 59.1. The van der Waals surface area contributed by atoms with Crippen LogP contribution in [0.15, 0.2) is 30.3 Å². The third-order valence-corrected chi connectivity index (χ3v) is 4.83. The summed E-state index contributed by atoms with van der Waals surface area (Å²) in [6, 6.07) is 8.98. The van der Waals surface area contributed by atoms with Gasteiger partial charge in [0.2, 0.25) is 0 Å². The molecule has 0 spiro atoms. The van der Waals surface area contributed by atoms with Crippen molar-refractivity contribution in [3.63, 3.8) is 0 Å². The van der Waals surface area contributed by atoms with E-state index < -0.39 is 73.3 Å². The quantitative estimate of drug-likeness (QED) is 0.329. The average molecular weight is 510 g/mol. The largest absolute Gasteiger partial charge is 0.462 e. The second-order valence-corrected chi connectivity index (χ2v) is 7.94. The van der Waals surface area contributed by atoms with E-state index in [4.69, 9.17) is 33.2 Å². The van der Waals surface area contributed by atoms with Gasteiger partial charge in [0.05, 0.1) is 6.61 Å². The van der Waals surface area contributed by atoms with Gasteiger partial charge in [0.1, 0.15) is 12.7 Å². The van der Waals surface area contributed by atoms with Crippen molar-refractivity contribution in [1.82, 2.24) is 0 Å². The Kier molecular flexibility index (Phi) is 10.8. The van der Waals surface area contributed by atoms with E-state index in [1.54, 1.807) is 24.3 Å². The van der Waals surface area contributed by atoms with E-state index >= 15 is 0 Å². The highest BCUT2D eigenvalue weighted by molar-refractivity contribution is 5.69. The van der Waals surface area contributed by atoms with Crippen molar-refractivity contribution in [3.05, 3.63) is 35.9 Å². The molecule has 1 aliphatic rings. The second-order valence-electron chi connectivity index (χ2n) is 7.94. The Morgan fingerprint density at radius 2 is 1.31 bits per heavy atom. The Morgan fingerprint density at radius 1 is 0.750 bits per heavy atom. The molecular formula is C24H30O12. The van der Waals surface area contributed by atoms with Crippen LogP contribution in [0.3, 0.4) is 0 Å². The van der Waals surface area contributed by atoms with Gasteiger partial charge in [-0.15, -0.1) is 0 Å². The number of benzene rings is 1. The number of esters is 5. The van der Waals surface area contributed by atoms with Crippen LogP contribution in [0.4, 0.5) is 0 Å². The molecule has 6 atom stereocenters. The zero-order chi connectivity index (χ0) is 26.8. The summed E-state index contributed by atoms with van der Waals surface area (Å²) in [5.41, 5.74) is 0.752. The fraction of sp³-hybridized carbons (Fsp3) is 0.542. The lowest BCUT2D eigenvalue weighted by molar-refractivity contribution is -0.320. The Hall–Kier alpha value is -3.51. The maximum Gasteiger partial charge on any atom is 0.303 e. The van der Waals surface area contributed by atoms with Crippen molar-refractivity contribution in [2.75, 3.05) is 6.61 Å². The molecule has 0 unspecified atom stereocenters. The molecule has 0 saturated carbocycles. The Morgan fingerprint density at radius 3 is 1.83 bits per heavy atom. The van der Waals surface area contributed by atoms with Crippen molar-refractivity contribution < 1.29 is 57.1 Å². The molecular weight excluding hydrogens is 480 g/mol. The third-order valence-electron chi connectivity index (χ3n) is 4.83. The van der Waals surface area contributed by atoms with Crippen molar-refractivity contribution in [2.45, 2.75) is 78.0 Å². The fourth-order valence-electron chi connectivity index (χ4n) is 3.60. The van der Waals surface area contributed by atoms with Gasteiger partial charge in [0.15, 0.2) is 30.7 Å². The Labute approximate surface area is 208 Å². The van der Waals surface area contributed by atoms with Crippen LogP contribution in [0, 0.1) is 0 Å². The Bertz CT molecular complexity index is 930. The van der Waals surface area contributed by atoms with Crippen LogP contribution < -0.4 is 0 Å². The lowest BCUT2D eigenvalue weighted by Crippen LogP contribution is -2.65. The molecule has 2 rings (SSSR count). The lowest BCUT2D eigenvalue weighted by Gasteiger charge is -2.45. The highest BCUT2D eigenvalue weighted by Gasteiger charge is 2.55. The van der Waals surface area contributed by atoms with Crippen LogP contribution in [0.2, 0.25) is 0 Å². The molecule has 0 amide bonds. The first-order valence-corrected chi connectivity index (χ1v) is 11.1. The van der Waals surface area contributed by atoms with Gasteiger partial charge in [-0.3, -0.25) is 24.0 Å². The van der Waals surface area contributed by atoms with Gasteiger partial charge in [-0.2, -0.15) is 0 Å². The molecule has 1 aromatic carbocycles. The highest BCUT2D eigenvalue weighted by Crippen LogP contribution is 2.32. The predicted octanol–water partition coefficient (Wildman–Crippen LogP) is 1.22. The molecule has 12 nitrogen and oxygen atoms in total. The van der Waals surface area contributed by atoms with E-state index in [0.717, 1.165) is 40.2 Å². The van der Waals surface area contributed by atoms with E-state index in [0.29, 0.717) is 0 Å². The second kappa shape index (κ2) is 13.5. The average Bonchev–Trinajstić information content (AvgIpc) is 2.77. The molecule has 1 heterocycles. The molecule has 0 N–H and O–H groups in total. The van der Waals surface area contributed by atoms with Gasteiger partial charge in [-0.25, -0.2) is 0 Å². The molecule has 1 saturated heterocycles. The van der Waals surface area contributed by atoms with Gasteiger partial charge >= 0.3 is 29.8 Å². The number of carbonyl (C=O) groups excluding carboxylic acids is 5. The summed E-state index contributed by atoms with van der Waals surface area (Å²) in [5.74, 6) is -3.72. The van der Waals surface area contributed by atoms with Crippen LogP contribution in [-0.2, 0) is 63.7 Å². The number of rotatable bonds is 10. The molecule has 1 aliphatic heterocycles. The van der Waals surface area contributed by atoms with Crippen LogP contribution in [0.25, 0.3) is 0 Å². The zero-order valence-corrected chi connectivity index (χ0v) is 20.7. The minimum absolute atomic E-state index is 0.00317. The van der Waals surface area contributed by atoms with Crippen molar-refractivity contribution in [3.8, 4) is 0 Å². The molecule has 12 heteroatoms.